The van der Waals surface area contributed by atoms with Crippen molar-refractivity contribution in [3.63, 3.8) is 0 Å². The number of alkyl halides is 1. The van der Waals surface area contributed by atoms with Crippen molar-refractivity contribution in [2.75, 3.05) is 17.3 Å². The molecule has 0 aliphatic carbocycles. The van der Waals surface area contributed by atoms with E-state index in [9.17, 15) is 4.79 Å². The summed E-state index contributed by atoms with van der Waals surface area (Å²) in [7, 11) is 0. The van der Waals surface area contributed by atoms with Crippen molar-refractivity contribution in [1.29, 1.82) is 0 Å². The van der Waals surface area contributed by atoms with E-state index in [1.165, 1.54) is 0 Å². The van der Waals surface area contributed by atoms with E-state index >= 15 is 0 Å². The number of amides is 1. The lowest BCUT2D eigenvalue weighted by molar-refractivity contribution is 0.151. The number of nitrogens with zero attached hydrogens (tertiary/aromatic N) is 1. The number of rotatable bonds is 2. The van der Waals surface area contributed by atoms with Gasteiger partial charge in [-0.2, -0.15) is 0 Å². The number of ether oxygens (including phenoxy) is 1. The number of halogens is 1. The second-order valence-electron chi connectivity index (χ2n) is 3.23. The highest BCUT2D eigenvalue weighted by molar-refractivity contribution is 7.14. The average molecular weight is 232 g/mol. The molecule has 0 N–H and O–H groups in total. The van der Waals surface area contributed by atoms with Crippen molar-refractivity contribution in [3.8, 4) is 0 Å². The van der Waals surface area contributed by atoms with Crippen LogP contribution in [0.2, 0.25) is 0 Å². The zero-order valence-corrected chi connectivity index (χ0v) is 9.27. The van der Waals surface area contributed by atoms with Crippen molar-refractivity contribution in [3.05, 3.63) is 17.0 Å². The summed E-state index contributed by atoms with van der Waals surface area (Å²) in [5.41, 5.74) is 1.16. The van der Waals surface area contributed by atoms with Crippen LogP contribution in [-0.2, 0) is 4.74 Å². The molecule has 0 radical (unpaired) electrons. The van der Waals surface area contributed by atoms with Crippen LogP contribution < -0.4 is 4.90 Å². The first-order chi connectivity index (χ1) is 6.70. The van der Waals surface area contributed by atoms with E-state index in [0.29, 0.717) is 12.4 Å². The Bertz CT molecular complexity index is 352. The minimum absolute atomic E-state index is 0.174. The van der Waals surface area contributed by atoms with Gasteiger partial charge >= 0.3 is 6.09 Å². The molecule has 14 heavy (non-hydrogen) atoms. The van der Waals surface area contributed by atoms with Gasteiger partial charge in [0.15, 0.2) is 0 Å². The number of anilines is 1. The topological polar surface area (TPSA) is 29.5 Å². The number of aryl methyl sites for hydroxylation is 1. The summed E-state index contributed by atoms with van der Waals surface area (Å²) < 4.78 is 5.05. The zero-order chi connectivity index (χ0) is 10.1. The molecule has 1 aliphatic heterocycles. The van der Waals surface area contributed by atoms with Crippen molar-refractivity contribution in [1.82, 2.24) is 0 Å². The van der Waals surface area contributed by atoms with E-state index in [1.54, 1.807) is 16.2 Å². The van der Waals surface area contributed by atoms with E-state index < -0.39 is 0 Å². The second-order valence-corrected chi connectivity index (χ2v) is 4.43. The van der Waals surface area contributed by atoms with Gasteiger partial charge in [-0.3, -0.25) is 4.90 Å². The quantitative estimate of drug-likeness (QED) is 0.733. The fourth-order valence-corrected chi connectivity index (χ4v) is 2.41. The third kappa shape index (κ3) is 1.72. The van der Waals surface area contributed by atoms with Gasteiger partial charge < -0.3 is 4.74 Å². The first-order valence-electron chi connectivity index (χ1n) is 4.30. The Kier molecular flexibility index (Phi) is 2.65. The van der Waals surface area contributed by atoms with Gasteiger partial charge in [-0.1, -0.05) is 0 Å². The largest absolute Gasteiger partial charge is 0.443 e. The number of carbonyl (C=O) groups is 1. The molecule has 1 amide bonds. The number of hydrogen-bond acceptors (Lipinski definition) is 3. The van der Waals surface area contributed by atoms with Crippen LogP contribution >= 0.6 is 22.9 Å². The van der Waals surface area contributed by atoms with E-state index in [1.807, 2.05) is 18.4 Å². The Morgan fingerprint density at radius 2 is 2.57 bits per heavy atom. The molecule has 2 rings (SSSR count). The van der Waals surface area contributed by atoms with Crippen LogP contribution in [-0.4, -0.2) is 24.6 Å². The highest BCUT2D eigenvalue weighted by Gasteiger charge is 2.32. The molecule has 5 heteroatoms. The summed E-state index contributed by atoms with van der Waals surface area (Å²) in [5.74, 6) is 0.354. The van der Waals surface area contributed by atoms with Gasteiger partial charge in [-0.05, 0) is 23.9 Å². The zero-order valence-electron chi connectivity index (χ0n) is 7.70. The van der Waals surface area contributed by atoms with Crippen molar-refractivity contribution >= 4 is 34.0 Å². The fraction of sp³-hybridized carbons (Fsp3) is 0.444. The molecule has 1 aliphatic rings. The molecule has 76 valence electrons. The highest BCUT2D eigenvalue weighted by Crippen LogP contribution is 2.28. The SMILES string of the molecule is Cc1csc(N2CC(CCl)OC2=O)c1. The summed E-state index contributed by atoms with van der Waals surface area (Å²) in [6.07, 6.45) is -0.468. The van der Waals surface area contributed by atoms with Crippen LogP contribution in [0.4, 0.5) is 9.80 Å². The Labute approximate surface area is 91.2 Å². The Morgan fingerprint density at radius 3 is 3.07 bits per heavy atom. The van der Waals surface area contributed by atoms with Gasteiger partial charge in [-0.25, -0.2) is 4.79 Å². The Morgan fingerprint density at radius 1 is 1.79 bits per heavy atom. The molecule has 1 saturated heterocycles. The summed E-state index contributed by atoms with van der Waals surface area (Å²) in [6.45, 7) is 2.56. The van der Waals surface area contributed by atoms with Gasteiger partial charge in [0.25, 0.3) is 0 Å². The summed E-state index contributed by atoms with van der Waals surface area (Å²) >= 11 is 7.18. The standard InChI is InChI=1S/C9H10ClNO2S/c1-6-2-8(14-5-6)11-4-7(3-10)13-9(11)12/h2,5,7H,3-4H2,1H3. The second kappa shape index (κ2) is 3.79. The molecule has 0 spiro atoms. The third-order valence-corrected chi connectivity index (χ3v) is 3.44. The van der Waals surface area contributed by atoms with E-state index in [4.69, 9.17) is 16.3 Å². The first kappa shape index (κ1) is 9.80. The molecule has 1 fully saturated rings. The summed E-state index contributed by atoms with van der Waals surface area (Å²) in [4.78, 5) is 13.0. The molecule has 3 nitrogen and oxygen atoms in total. The number of thiophene rings is 1. The van der Waals surface area contributed by atoms with Crippen molar-refractivity contribution < 1.29 is 9.53 Å². The van der Waals surface area contributed by atoms with Crippen molar-refractivity contribution in [2.24, 2.45) is 0 Å². The van der Waals surface area contributed by atoms with E-state index in [-0.39, 0.29) is 12.2 Å². The molecule has 1 atom stereocenters. The molecule has 2 heterocycles. The number of carbonyl (C=O) groups excluding carboxylic acids is 1. The molecule has 1 aromatic rings. The lowest BCUT2D eigenvalue weighted by atomic mass is 10.3. The number of cyclic esters (lactones) is 1. The van der Waals surface area contributed by atoms with Gasteiger partial charge in [-0.15, -0.1) is 22.9 Å². The fourth-order valence-electron chi connectivity index (χ4n) is 1.34. The maximum atomic E-state index is 11.4. The van der Waals surface area contributed by atoms with Crippen LogP contribution in [0, 0.1) is 6.92 Å². The van der Waals surface area contributed by atoms with Gasteiger partial charge in [0.2, 0.25) is 0 Å². The molecule has 0 bridgehead atoms. The van der Waals surface area contributed by atoms with Crippen LogP contribution in [0.3, 0.4) is 0 Å². The van der Waals surface area contributed by atoms with Gasteiger partial charge in [0.05, 0.1) is 12.4 Å². The van der Waals surface area contributed by atoms with Crippen LogP contribution in [0.15, 0.2) is 11.4 Å². The highest BCUT2D eigenvalue weighted by atomic mass is 35.5. The summed E-state index contributed by atoms with van der Waals surface area (Å²) in [6, 6.07) is 1.97. The normalized spacial score (nSPS) is 21.4. The maximum absolute atomic E-state index is 11.4. The first-order valence-corrected chi connectivity index (χ1v) is 5.71. The third-order valence-electron chi connectivity index (χ3n) is 2.03. The average Bonchev–Trinajstić information content (AvgIpc) is 2.71. The van der Waals surface area contributed by atoms with Crippen LogP contribution in [0.1, 0.15) is 5.56 Å². The predicted octanol–water partition coefficient (Wildman–Crippen LogP) is 2.62. The Hall–Kier alpha value is -0.740. The van der Waals surface area contributed by atoms with Gasteiger partial charge in [0, 0.05) is 0 Å². The van der Waals surface area contributed by atoms with Crippen LogP contribution in [0.25, 0.3) is 0 Å². The lowest BCUT2D eigenvalue weighted by Gasteiger charge is -2.08. The maximum Gasteiger partial charge on any atom is 0.415 e. The molecular weight excluding hydrogens is 222 g/mol. The molecule has 0 aromatic carbocycles. The minimum Gasteiger partial charge on any atom is -0.443 e. The summed E-state index contributed by atoms with van der Waals surface area (Å²) in [5, 5.41) is 2.94. The molecule has 1 unspecified atom stereocenters. The van der Waals surface area contributed by atoms with E-state index in [0.717, 1.165) is 10.6 Å². The van der Waals surface area contributed by atoms with Gasteiger partial charge in [0.1, 0.15) is 11.1 Å². The molecular formula is C9H10ClNO2S. The van der Waals surface area contributed by atoms with E-state index in [2.05, 4.69) is 0 Å². The lowest BCUT2D eigenvalue weighted by Crippen LogP contribution is -2.23. The molecule has 1 aromatic heterocycles. The molecule has 0 saturated carbocycles. The predicted molar refractivity (Wildman–Crippen MR) is 57.4 cm³/mol. The Balaban J connectivity index is 2.16. The monoisotopic (exact) mass is 231 g/mol. The van der Waals surface area contributed by atoms with Crippen LogP contribution in [0.5, 0.6) is 0 Å². The minimum atomic E-state index is -0.294. The number of hydrogen-bond donors (Lipinski definition) is 0. The smallest absolute Gasteiger partial charge is 0.415 e. The van der Waals surface area contributed by atoms with Crippen molar-refractivity contribution in [2.45, 2.75) is 13.0 Å².